The molecule has 0 aliphatic rings. The second kappa shape index (κ2) is 13.0. The molecule has 3 atom stereocenters. The van der Waals surface area contributed by atoms with Crippen LogP contribution in [0.3, 0.4) is 0 Å². The molecule has 0 saturated carbocycles. The Balaban J connectivity index is 5.66. The van der Waals surface area contributed by atoms with Crippen LogP contribution in [0.2, 0.25) is 0 Å². The summed E-state index contributed by atoms with van der Waals surface area (Å²) in [5.74, 6) is -6.57. The molecule has 0 aromatic rings. The maximum atomic E-state index is 12.9. The van der Waals surface area contributed by atoms with E-state index in [1.54, 1.807) is 0 Å². The van der Waals surface area contributed by atoms with Crippen molar-refractivity contribution >= 4 is 35.6 Å². The molecule has 0 heterocycles. The number of carboxylic acid groups (broad SMARTS) is 3. The molecule has 15 nitrogen and oxygen atoms in total. The lowest BCUT2D eigenvalue weighted by Gasteiger charge is -2.32. The van der Waals surface area contributed by atoms with Crippen molar-refractivity contribution in [2.75, 3.05) is 13.1 Å². The van der Waals surface area contributed by atoms with Crippen molar-refractivity contribution in [1.29, 1.82) is 0 Å². The number of carboxylic acids is 3. The third kappa shape index (κ3) is 9.72. The van der Waals surface area contributed by atoms with Gasteiger partial charge in [0.15, 0.2) is 23.2 Å². The first-order chi connectivity index (χ1) is 14.3. The van der Waals surface area contributed by atoms with Gasteiger partial charge in [-0.2, -0.15) is 0 Å². The Kier molecular flexibility index (Phi) is 11.5. The Hall–Kier alpha value is -3.46. The van der Waals surface area contributed by atoms with Gasteiger partial charge in [-0.15, -0.1) is 0 Å². The Morgan fingerprint density at radius 3 is 1.74 bits per heavy atom. The number of aliphatic carboxylic acids is 3. The number of carbonyl (C=O) groups is 4. The molecule has 0 amide bonds. The number of carbonyl (C=O) groups excluding carboxylic acids is 1. The van der Waals surface area contributed by atoms with Gasteiger partial charge in [0.25, 0.3) is 0 Å². The largest absolute Gasteiger partial charge is 0.481 e. The predicted octanol–water partition coefficient (Wildman–Crippen LogP) is -3.67. The number of nitrogens with zero attached hydrogens (tertiary/aromatic N) is 2. The monoisotopic (exact) mass is 446 g/mol. The van der Waals surface area contributed by atoms with Gasteiger partial charge in [-0.05, 0) is 25.7 Å². The zero-order chi connectivity index (χ0) is 24.2. The van der Waals surface area contributed by atoms with Gasteiger partial charge in [0, 0.05) is 13.1 Å². The minimum atomic E-state index is -2.76. The van der Waals surface area contributed by atoms with E-state index in [0.717, 1.165) is 0 Å². The number of rotatable bonds is 16. The van der Waals surface area contributed by atoms with Crippen LogP contribution in [0.5, 0.6) is 0 Å². The van der Waals surface area contributed by atoms with E-state index < -0.39 is 47.7 Å². The van der Waals surface area contributed by atoms with Gasteiger partial charge in [0.05, 0.1) is 12.5 Å². The number of nitrogens with two attached hydrogens (primary N) is 5. The van der Waals surface area contributed by atoms with E-state index in [9.17, 15) is 34.5 Å². The lowest BCUT2D eigenvalue weighted by atomic mass is 9.83. The molecular formula is C16H30N8O7. The van der Waals surface area contributed by atoms with Crippen LogP contribution in [0.15, 0.2) is 9.98 Å². The fraction of sp³-hybridized carbons (Fsp3) is 0.625. The molecule has 0 aromatic heterocycles. The van der Waals surface area contributed by atoms with Gasteiger partial charge >= 0.3 is 17.9 Å². The van der Waals surface area contributed by atoms with Gasteiger partial charge in [-0.3, -0.25) is 29.7 Å². The summed E-state index contributed by atoms with van der Waals surface area (Å²) in [5, 5.41) is 30.5. The summed E-state index contributed by atoms with van der Waals surface area (Å²) in [5.41, 5.74) is 23.7. The molecule has 0 bridgehead atoms. The number of hydrogen-bond donors (Lipinski definition) is 9. The second-order valence-electron chi connectivity index (χ2n) is 6.68. The van der Waals surface area contributed by atoms with E-state index in [0.29, 0.717) is 0 Å². The molecule has 0 rings (SSSR count). The SMILES string of the molecule is NC(N)=NCCC[C@H](NC(CC(=O)O)(C(=O)O)C(=O)[C@@H](N)CCCN=C(N)N)C(=O)O. The number of Topliss-reactive ketones (excluding diaryl/α,β-unsaturated/α-hetero) is 1. The maximum absolute atomic E-state index is 12.9. The first kappa shape index (κ1) is 27.5. The molecule has 1 unspecified atom stereocenters. The van der Waals surface area contributed by atoms with Gasteiger partial charge in [0.2, 0.25) is 0 Å². The normalized spacial score (nSPS) is 14.5. The summed E-state index contributed by atoms with van der Waals surface area (Å²) in [6.07, 6.45) is -1.15. The van der Waals surface area contributed by atoms with Gasteiger partial charge in [-0.1, -0.05) is 0 Å². The maximum Gasteiger partial charge on any atom is 0.332 e. The van der Waals surface area contributed by atoms with Crippen molar-refractivity contribution in [2.24, 2.45) is 38.7 Å². The summed E-state index contributed by atoms with van der Waals surface area (Å²) in [6.45, 7) is 0.156. The molecule has 176 valence electrons. The average molecular weight is 446 g/mol. The van der Waals surface area contributed by atoms with Crippen LogP contribution in [0.1, 0.15) is 32.1 Å². The highest BCUT2D eigenvalue weighted by molar-refractivity contribution is 6.12. The molecule has 0 radical (unpaired) electrons. The molecule has 0 spiro atoms. The number of guanidine groups is 2. The van der Waals surface area contributed by atoms with E-state index in [2.05, 4.69) is 15.3 Å². The topological polar surface area (TPSA) is 296 Å². The lowest BCUT2D eigenvalue weighted by molar-refractivity contribution is -0.158. The summed E-state index contributed by atoms with van der Waals surface area (Å²) in [4.78, 5) is 55.2. The molecule has 0 aliphatic heterocycles. The molecule has 0 aliphatic carbocycles. The van der Waals surface area contributed by atoms with Crippen molar-refractivity contribution in [1.82, 2.24) is 5.32 Å². The Morgan fingerprint density at radius 1 is 0.871 bits per heavy atom. The number of ketones is 1. The zero-order valence-electron chi connectivity index (χ0n) is 16.9. The average Bonchev–Trinajstić information content (AvgIpc) is 2.64. The van der Waals surface area contributed by atoms with E-state index in [-0.39, 0.29) is 50.7 Å². The van der Waals surface area contributed by atoms with Gasteiger partial charge < -0.3 is 44.0 Å². The minimum absolute atomic E-state index is 0.0467. The van der Waals surface area contributed by atoms with E-state index in [1.165, 1.54) is 0 Å². The van der Waals surface area contributed by atoms with E-state index >= 15 is 0 Å². The van der Waals surface area contributed by atoms with Crippen molar-refractivity contribution in [2.45, 2.75) is 49.7 Å². The highest BCUT2D eigenvalue weighted by atomic mass is 16.4. The van der Waals surface area contributed by atoms with Crippen LogP contribution >= 0.6 is 0 Å². The van der Waals surface area contributed by atoms with Gasteiger partial charge in [-0.25, -0.2) is 4.79 Å². The van der Waals surface area contributed by atoms with Crippen LogP contribution in [0, 0.1) is 0 Å². The Bertz CT molecular complexity index is 719. The Labute approximate surface area is 177 Å². The third-order valence-electron chi connectivity index (χ3n) is 4.17. The minimum Gasteiger partial charge on any atom is -0.481 e. The quantitative estimate of drug-likeness (QED) is 0.0478. The fourth-order valence-corrected chi connectivity index (χ4v) is 2.70. The third-order valence-corrected chi connectivity index (χ3v) is 4.17. The van der Waals surface area contributed by atoms with Gasteiger partial charge in [0.1, 0.15) is 6.04 Å². The molecule has 0 aromatic carbocycles. The molecule has 0 saturated heterocycles. The van der Waals surface area contributed by atoms with Crippen LogP contribution in [-0.2, 0) is 19.2 Å². The summed E-state index contributed by atoms with van der Waals surface area (Å²) >= 11 is 0. The lowest BCUT2D eigenvalue weighted by Crippen LogP contribution is -2.67. The molecule has 0 fully saturated rings. The summed E-state index contributed by atoms with van der Waals surface area (Å²) < 4.78 is 0. The standard InChI is InChI=1S/C16H30N8O7/c17-8(3-1-5-22-14(18)19)11(27)16(13(30)31,7-10(25)26)24-9(12(28)29)4-2-6-23-15(20)21/h8-9,24H,1-7,17H2,(H,25,26)(H,28,29)(H,30,31)(H4,18,19,22)(H4,20,21,23)/t8-,9-,16?/m0/s1. The Morgan fingerprint density at radius 2 is 1.35 bits per heavy atom. The first-order valence-electron chi connectivity index (χ1n) is 9.19. The number of hydrogen-bond acceptors (Lipinski definition) is 8. The van der Waals surface area contributed by atoms with Crippen LogP contribution in [0.4, 0.5) is 0 Å². The van der Waals surface area contributed by atoms with E-state index in [4.69, 9.17) is 28.7 Å². The van der Waals surface area contributed by atoms with Crippen molar-refractivity contribution in [3.8, 4) is 0 Å². The number of aliphatic imine (C=N–C) groups is 2. The smallest absolute Gasteiger partial charge is 0.332 e. The molecule has 31 heavy (non-hydrogen) atoms. The van der Waals surface area contributed by atoms with Crippen molar-refractivity contribution in [3.63, 3.8) is 0 Å². The molecule has 15 heteroatoms. The summed E-state index contributed by atoms with van der Waals surface area (Å²) in [6, 6.07) is -2.99. The molecule has 14 N–H and O–H groups in total. The highest BCUT2D eigenvalue weighted by Gasteiger charge is 2.51. The molecular weight excluding hydrogens is 416 g/mol. The fourth-order valence-electron chi connectivity index (χ4n) is 2.70. The van der Waals surface area contributed by atoms with Crippen LogP contribution in [-0.4, -0.2) is 81.6 Å². The van der Waals surface area contributed by atoms with Crippen LogP contribution in [0.25, 0.3) is 0 Å². The van der Waals surface area contributed by atoms with E-state index in [1.807, 2.05) is 0 Å². The zero-order valence-corrected chi connectivity index (χ0v) is 16.9. The van der Waals surface area contributed by atoms with Crippen LogP contribution < -0.4 is 34.0 Å². The number of nitrogens with one attached hydrogen (secondary N) is 1. The van der Waals surface area contributed by atoms with Crippen molar-refractivity contribution < 1.29 is 34.5 Å². The predicted molar refractivity (Wildman–Crippen MR) is 110 cm³/mol. The first-order valence-corrected chi connectivity index (χ1v) is 9.19. The second-order valence-corrected chi connectivity index (χ2v) is 6.68. The highest BCUT2D eigenvalue weighted by Crippen LogP contribution is 2.19. The van der Waals surface area contributed by atoms with Crippen molar-refractivity contribution in [3.05, 3.63) is 0 Å². The summed E-state index contributed by atoms with van der Waals surface area (Å²) in [7, 11) is 0.